The highest BCUT2D eigenvalue weighted by atomic mass is 32.2. The standard InChI is InChI=1S/C19H14F3N5OS/c1-12-24-25-18(27(12)15-8-3-2-4-9-15)29-11-16-23-17(26-28-16)13-6-5-7-14(10-13)19(20,21)22/h2-10H,11H2,1H3. The number of hydrogen-bond acceptors (Lipinski definition) is 6. The maximum atomic E-state index is 12.9. The van der Waals surface area contributed by atoms with Gasteiger partial charge in [0.1, 0.15) is 5.82 Å². The molecule has 0 amide bonds. The molecule has 0 saturated carbocycles. The molecule has 6 nitrogen and oxygen atoms in total. The molecule has 0 spiro atoms. The third-order valence-corrected chi connectivity index (χ3v) is 4.96. The Kier molecular flexibility index (Phi) is 5.10. The van der Waals surface area contributed by atoms with Crippen molar-refractivity contribution in [3.63, 3.8) is 0 Å². The summed E-state index contributed by atoms with van der Waals surface area (Å²) >= 11 is 1.34. The maximum Gasteiger partial charge on any atom is 0.416 e. The van der Waals surface area contributed by atoms with E-state index >= 15 is 0 Å². The zero-order chi connectivity index (χ0) is 20.4. The van der Waals surface area contributed by atoms with Crippen molar-refractivity contribution in [3.8, 4) is 17.1 Å². The molecule has 0 aliphatic rings. The Morgan fingerprint density at radius 3 is 2.59 bits per heavy atom. The second-order valence-corrected chi connectivity index (χ2v) is 7.02. The molecule has 0 N–H and O–H groups in total. The van der Waals surface area contributed by atoms with E-state index in [0.717, 1.165) is 23.6 Å². The quantitative estimate of drug-likeness (QED) is 0.429. The SMILES string of the molecule is Cc1nnc(SCc2nc(-c3cccc(C(F)(F)F)c3)no2)n1-c1ccccc1. The minimum Gasteiger partial charge on any atom is -0.338 e. The number of alkyl halides is 3. The van der Waals surface area contributed by atoms with E-state index in [1.807, 2.05) is 41.8 Å². The van der Waals surface area contributed by atoms with Gasteiger partial charge in [0.25, 0.3) is 0 Å². The lowest BCUT2D eigenvalue weighted by Gasteiger charge is -2.07. The van der Waals surface area contributed by atoms with E-state index in [-0.39, 0.29) is 17.3 Å². The number of hydrogen-bond donors (Lipinski definition) is 0. The topological polar surface area (TPSA) is 69.6 Å². The fraction of sp³-hybridized carbons (Fsp3) is 0.158. The van der Waals surface area contributed by atoms with Crippen LogP contribution in [-0.2, 0) is 11.9 Å². The molecule has 0 atom stereocenters. The summed E-state index contributed by atoms with van der Waals surface area (Å²) in [4.78, 5) is 4.20. The van der Waals surface area contributed by atoms with Crippen LogP contribution in [0.2, 0.25) is 0 Å². The summed E-state index contributed by atoms with van der Waals surface area (Å²) in [6.07, 6.45) is -4.43. The molecule has 2 aromatic carbocycles. The number of halogens is 3. The van der Waals surface area contributed by atoms with Crippen molar-refractivity contribution in [1.82, 2.24) is 24.9 Å². The monoisotopic (exact) mass is 417 g/mol. The first kappa shape index (κ1) is 19.2. The molecule has 29 heavy (non-hydrogen) atoms. The molecule has 4 rings (SSSR count). The molecular weight excluding hydrogens is 403 g/mol. The normalized spacial score (nSPS) is 11.7. The third kappa shape index (κ3) is 4.16. The lowest BCUT2D eigenvalue weighted by Crippen LogP contribution is -2.04. The summed E-state index contributed by atoms with van der Waals surface area (Å²) in [6, 6.07) is 14.5. The molecule has 2 aromatic heterocycles. The summed E-state index contributed by atoms with van der Waals surface area (Å²) < 4.78 is 45.8. The third-order valence-electron chi connectivity index (χ3n) is 4.05. The fourth-order valence-corrected chi connectivity index (χ4v) is 3.54. The van der Waals surface area contributed by atoms with Crippen LogP contribution in [0.25, 0.3) is 17.1 Å². The zero-order valence-electron chi connectivity index (χ0n) is 15.1. The van der Waals surface area contributed by atoms with E-state index in [0.29, 0.717) is 10.9 Å². The van der Waals surface area contributed by atoms with Gasteiger partial charge in [-0.25, -0.2) is 0 Å². The van der Waals surface area contributed by atoms with Gasteiger partial charge in [-0.05, 0) is 31.2 Å². The van der Waals surface area contributed by atoms with Crippen LogP contribution in [0.3, 0.4) is 0 Å². The molecule has 0 aliphatic carbocycles. The Hall–Kier alpha value is -3.14. The van der Waals surface area contributed by atoms with E-state index in [1.165, 1.54) is 23.9 Å². The smallest absolute Gasteiger partial charge is 0.338 e. The van der Waals surface area contributed by atoms with Gasteiger partial charge < -0.3 is 4.52 Å². The van der Waals surface area contributed by atoms with Gasteiger partial charge in [-0.1, -0.05) is 47.3 Å². The Morgan fingerprint density at radius 2 is 1.83 bits per heavy atom. The first-order chi connectivity index (χ1) is 13.9. The van der Waals surface area contributed by atoms with Crippen molar-refractivity contribution < 1.29 is 17.7 Å². The van der Waals surface area contributed by atoms with E-state index in [2.05, 4.69) is 20.3 Å². The predicted octanol–water partition coefficient (Wildman–Crippen LogP) is 4.94. The molecule has 4 aromatic rings. The largest absolute Gasteiger partial charge is 0.416 e. The van der Waals surface area contributed by atoms with Crippen LogP contribution in [0.1, 0.15) is 17.3 Å². The highest BCUT2D eigenvalue weighted by Crippen LogP contribution is 2.32. The summed E-state index contributed by atoms with van der Waals surface area (Å²) in [5.41, 5.74) is 0.401. The van der Waals surface area contributed by atoms with Crippen LogP contribution >= 0.6 is 11.8 Å². The van der Waals surface area contributed by atoms with E-state index in [9.17, 15) is 13.2 Å². The van der Waals surface area contributed by atoms with Gasteiger partial charge in [-0.2, -0.15) is 18.2 Å². The number of nitrogens with zero attached hydrogens (tertiary/aromatic N) is 5. The Morgan fingerprint density at radius 1 is 1.03 bits per heavy atom. The van der Waals surface area contributed by atoms with Crippen LogP contribution in [0.15, 0.2) is 64.3 Å². The number of thioether (sulfide) groups is 1. The van der Waals surface area contributed by atoms with Crippen molar-refractivity contribution in [2.45, 2.75) is 24.0 Å². The minimum absolute atomic E-state index is 0.104. The molecule has 0 radical (unpaired) electrons. The van der Waals surface area contributed by atoms with Crippen LogP contribution in [0.5, 0.6) is 0 Å². The molecule has 148 valence electrons. The fourth-order valence-electron chi connectivity index (χ4n) is 2.70. The van der Waals surface area contributed by atoms with Crippen molar-refractivity contribution in [2.24, 2.45) is 0 Å². The Bertz CT molecular complexity index is 1120. The molecule has 0 saturated heterocycles. The average Bonchev–Trinajstić information content (AvgIpc) is 3.33. The number of aromatic nitrogens is 5. The predicted molar refractivity (Wildman–Crippen MR) is 100 cm³/mol. The first-order valence-corrected chi connectivity index (χ1v) is 9.51. The Labute approximate surface area is 167 Å². The van der Waals surface area contributed by atoms with Crippen molar-refractivity contribution >= 4 is 11.8 Å². The van der Waals surface area contributed by atoms with E-state index in [1.54, 1.807) is 0 Å². The molecule has 10 heteroatoms. The van der Waals surface area contributed by atoms with Crippen LogP contribution in [-0.4, -0.2) is 24.9 Å². The highest BCUT2D eigenvalue weighted by Gasteiger charge is 2.30. The molecule has 0 fully saturated rings. The van der Waals surface area contributed by atoms with Gasteiger partial charge in [0, 0.05) is 11.3 Å². The van der Waals surface area contributed by atoms with Crippen LogP contribution < -0.4 is 0 Å². The maximum absolute atomic E-state index is 12.9. The Balaban J connectivity index is 1.52. The van der Waals surface area contributed by atoms with Crippen molar-refractivity contribution in [2.75, 3.05) is 0 Å². The average molecular weight is 417 g/mol. The zero-order valence-corrected chi connectivity index (χ0v) is 15.9. The van der Waals surface area contributed by atoms with Gasteiger partial charge in [0.2, 0.25) is 11.7 Å². The second-order valence-electron chi connectivity index (χ2n) is 6.08. The summed E-state index contributed by atoms with van der Waals surface area (Å²) in [7, 11) is 0. The van der Waals surface area contributed by atoms with E-state index < -0.39 is 11.7 Å². The van der Waals surface area contributed by atoms with Gasteiger partial charge in [-0.3, -0.25) is 4.57 Å². The summed E-state index contributed by atoms with van der Waals surface area (Å²) in [5, 5.41) is 12.7. The van der Waals surface area contributed by atoms with Gasteiger partial charge in [0.05, 0.1) is 11.3 Å². The number of aryl methyl sites for hydroxylation is 1. The van der Waals surface area contributed by atoms with Gasteiger partial charge in [0.15, 0.2) is 5.16 Å². The molecular formula is C19H14F3N5OS. The van der Waals surface area contributed by atoms with Crippen LogP contribution in [0, 0.1) is 6.92 Å². The van der Waals surface area contributed by atoms with Crippen LogP contribution in [0.4, 0.5) is 13.2 Å². The minimum atomic E-state index is -4.43. The van der Waals surface area contributed by atoms with Gasteiger partial charge >= 0.3 is 6.18 Å². The lowest BCUT2D eigenvalue weighted by atomic mass is 10.1. The summed E-state index contributed by atoms with van der Waals surface area (Å²) in [6.45, 7) is 1.85. The highest BCUT2D eigenvalue weighted by molar-refractivity contribution is 7.98. The number of benzene rings is 2. The van der Waals surface area contributed by atoms with E-state index in [4.69, 9.17) is 4.52 Å². The van der Waals surface area contributed by atoms with Gasteiger partial charge in [-0.15, -0.1) is 10.2 Å². The second kappa shape index (κ2) is 7.70. The molecule has 0 aliphatic heterocycles. The summed E-state index contributed by atoms with van der Waals surface area (Å²) in [5.74, 6) is 1.42. The number of rotatable bonds is 5. The molecule has 2 heterocycles. The number of para-hydroxylation sites is 1. The molecule has 0 bridgehead atoms. The van der Waals surface area contributed by atoms with Crippen molar-refractivity contribution in [1.29, 1.82) is 0 Å². The first-order valence-electron chi connectivity index (χ1n) is 8.52. The van der Waals surface area contributed by atoms with Crippen molar-refractivity contribution in [3.05, 3.63) is 71.9 Å². The molecule has 0 unspecified atom stereocenters. The lowest BCUT2D eigenvalue weighted by molar-refractivity contribution is -0.137.